The molecule has 0 spiro atoms. The summed E-state index contributed by atoms with van der Waals surface area (Å²) in [6.07, 6.45) is 1.84. The Hall–Kier alpha value is -1.23. The first kappa shape index (κ1) is 17.1. The molecule has 1 aromatic carbocycles. The van der Waals surface area contributed by atoms with Gasteiger partial charge in [0.05, 0.1) is 6.04 Å². The highest BCUT2D eigenvalue weighted by Gasteiger charge is 2.31. The summed E-state index contributed by atoms with van der Waals surface area (Å²) in [7, 11) is 0. The van der Waals surface area contributed by atoms with Gasteiger partial charge >= 0.3 is 6.09 Å². The van der Waals surface area contributed by atoms with Gasteiger partial charge < -0.3 is 15.0 Å². The number of halogens is 1. The summed E-state index contributed by atoms with van der Waals surface area (Å²) in [4.78, 5) is 14.1. The summed E-state index contributed by atoms with van der Waals surface area (Å²) >= 11 is 3.51. The standard InChI is InChI=1S/C17H25BrN2O2/c1-12-8-13(18)10-14(9-12)19-11-15-6-5-7-20(15)16(21)22-17(2,3)4/h8-10,15,19H,5-7,11H2,1-4H3. The Labute approximate surface area is 141 Å². The molecule has 1 aliphatic rings. The Bertz CT molecular complexity index is 520. The van der Waals surface area contributed by atoms with E-state index in [4.69, 9.17) is 4.74 Å². The van der Waals surface area contributed by atoms with Gasteiger partial charge in [0.25, 0.3) is 0 Å². The SMILES string of the molecule is Cc1cc(Br)cc(NCC2CCCN2C(=O)OC(C)(C)C)c1. The summed E-state index contributed by atoms with van der Waals surface area (Å²) < 4.78 is 6.55. The molecule has 2 rings (SSSR count). The van der Waals surface area contributed by atoms with Crippen molar-refractivity contribution in [3.8, 4) is 0 Å². The van der Waals surface area contributed by atoms with E-state index in [0.717, 1.165) is 36.1 Å². The lowest BCUT2D eigenvalue weighted by atomic mass is 10.2. The second-order valence-electron chi connectivity index (χ2n) is 6.87. The van der Waals surface area contributed by atoms with Crippen molar-refractivity contribution >= 4 is 27.7 Å². The van der Waals surface area contributed by atoms with Crippen molar-refractivity contribution in [3.05, 3.63) is 28.2 Å². The fourth-order valence-electron chi connectivity index (χ4n) is 2.68. The van der Waals surface area contributed by atoms with Crippen LogP contribution in [-0.4, -0.2) is 35.7 Å². The molecule has 4 nitrogen and oxygen atoms in total. The van der Waals surface area contributed by atoms with Gasteiger partial charge in [0.15, 0.2) is 0 Å². The fourth-order valence-corrected chi connectivity index (χ4v) is 3.29. The highest BCUT2D eigenvalue weighted by Crippen LogP contribution is 2.23. The zero-order valence-corrected chi connectivity index (χ0v) is 15.4. The summed E-state index contributed by atoms with van der Waals surface area (Å²) in [6.45, 7) is 9.29. The van der Waals surface area contributed by atoms with Crippen molar-refractivity contribution in [2.75, 3.05) is 18.4 Å². The van der Waals surface area contributed by atoms with Crippen molar-refractivity contribution in [1.82, 2.24) is 4.90 Å². The average Bonchev–Trinajstić information content (AvgIpc) is 2.81. The second-order valence-corrected chi connectivity index (χ2v) is 7.78. The number of nitrogens with zero attached hydrogens (tertiary/aromatic N) is 1. The minimum atomic E-state index is -0.445. The highest BCUT2D eigenvalue weighted by atomic mass is 79.9. The zero-order valence-electron chi connectivity index (χ0n) is 13.8. The lowest BCUT2D eigenvalue weighted by molar-refractivity contribution is 0.0235. The van der Waals surface area contributed by atoms with Gasteiger partial charge in [-0.15, -0.1) is 0 Å². The molecule has 5 heteroatoms. The van der Waals surface area contributed by atoms with Crippen LogP contribution < -0.4 is 5.32 Å². The number of aryl methyl sites for hydroxylation is 1. The summed E-state index contributed by atoms with van der Waals surface area (Å²) in [5.41, 5.74) is 1.83. The molecule has 122 valence electrons. The van der Waals surface area contributed by atoms with Gasteiger partial charge in [-0.25, -0.2) is 4.79 Å². The third-order valence-electron chi connectivity index (χ3n) is 3.59. The Morgan fingerprint density at radius 2 is 2.14 bits per heavy atom. The predicted molar refractivity (Wildman–Crippen MR) is 93.3 cm³/mol. The number of ether oxygens (including phenoxy) is 1. The predicted octanol–water partition coefficient (Wildman–Crippen LogP) is 4.57. The normalized spacial score (nSPS) is 18.4. The summed E-state index contributed by atoms with van der Waals surface area (Å²) in [5, 5.41) is 3.44. The Kier molecular flexibility index (Phi) is 5.37. The van der Waals surface area contributed by atoms with Crippen LogP contribution in [-0.2, 0) is 4.74 Å². The average molecular weight is 369 g/mol. The van der Waals surface area contributed by atoms with Crippen LogP contribution in [0.4, 0.5) is 10.5 Å². The maximum atomic E-state index is 12.3. The van der Waals surface area contributed by atoms with E-state index < -0.39 is 5.60 Å². The van der Waals surface area contributed by atoms with Crippen molar-refractivity contribution in [1.29, 1.82) is 0 Å². The number of nitrogens with one attached hydrogen (secondary N) is 1. The van der Waals surface area contributed by atoms with Gasteiger partial charge in [0.1, 0.15) is 5.60 Å². The molecule has 1 saturated heterocycles. The quantitative estimate of drug-likeness (QED) is 0.849. The first-order valence-corrected chi connectivity index (χ1v) is 8.54. The molecule has 0 aromatic heterocycles. The van der Waals surface area contributed by atoms with Crippen LogP contribution in [0.15, 0.2) is 22.7 Å². The maximum absolute atomic E-state index is 12.3. The molecule has 1 heterocycles. The van der Waals surface area contributed by atoms with Gasteiger partial charge in [-0.1, -0.05) is 15.9 Å². The lowest BCUT2D eigenvalue weighted by Crippen LogP contribution is -2.42. The van der Waals surface area contributed by atoms with E-state index in [0.29, 0.717) is 0 Å². The Morgan fingerprint density at radius 1 is 1.41 bits per heavy atom. The topological polar surface area (TPSA) is 41.6 Å². The fraction of sp³-hybridized carbons (Fsp3) is 0.588. The zero-order chi connectivity index (χ0) is 16.3. The molecule has 0 saturated carbocycles. The lowest BCUT2D eigenvalue weighted by Gasteiger charge is -2.29. The minimum Gasteiger partial charge on any atom is -0.444 e. The van der Waals surface area contributed by atoms with Crippen LogP contribution in [0.25, 0.3) is 0 Å². The maximum Gasteiger partial charge on any atom is 0.410 e. The monoisotopic (exact) mass is 368 g/mol. The van der Waals surface area contributed by atoms with Crippen LogP contribution >= 0.6 is 15.9 Å². The third-order valence-corrected chi connectivity index (χ3v) is 4.05. The van der Waals surface area contributed by atoms with Crippen molar-refractivity contribution in [2.24, 2.45) is 0 Å². The summed E-state index contributed by atoms with van der Waals surface area (Å²) in [6, 6.07) is 6.43. The van der Waals surface area contributed by atoms with Crippen LogP contribution in [0.5, 0.6) is 0 Å². The smallest absolute Gasteiger partial charge is 0.410 e. The van der Waals surface area contributed by atoms with E-state index in [1.54, 1.807) is 0 Å². The number of hydrogen-bond acceptors (Lipinski definition) is 3. The molecule has 1 aromatic rings. The molecule has 1 fully saturated rings. The van der Waals surface area contributed by atoms with Crippen LogP contribution in [0, 0.1) is 6.92 Å². The number of likely N-dealkylation sites (tertiary alicyclic amines) is 1. The van der Waals surface area contributed by atoms with Gasteiger partial charge in [-0.3, -0.25) is 0 Å². The molecule has 1 amide bonds. The van der Waals surface area contributed by atoms with Gasteiger partial charge in [0, 0.05) is 23.2 Å². The first-order valence-electron chi connectivity index (χ1n) is 7.75. The minimum absolute atomic E-state index is 0.189. The molecule has 22 heavy (non-hydrogen) atoms. The molecule has 1 unspecified atom stereocenters. The van der Waals surface area contributed by atoms with Crippen molar-refractivity contribution in [2.45, 2.75) is 52.2 Å². The van der Waals surface area contributed by atoms with Crippen molar-refractivity contribution in [3.63, 3.8) is 0 Å². The van der Waals surface area contributed by atoms with E-state index in [1.165, 1.54) is 5.56 Å². The largest absolute Gasteiger partial charge is 0.444 e. The van der Waals surface area contributed by atoms with Gasteiger partial charge in [-0.05, 0) is 64.3 Å². The van der Waals surface area contributed by atoms with E-state index in [2.05, 4.69) is 46.4 Å². The Morgan fingerprint density at radius 3 is 2.77 bits per heavy atom. The second kappa shape index (κ2) is 6.90. The molecule has 1 aliphatic heterocycles. The third kappa shape index (κ3) is 4.90. The molecule has 0 radical (unpaired) electrons. The van der Waals surface area contributed by atoms with Crippen molar-refractivity contribution < 1.29 is 9.53 Å². The summed E-state index contributed by atoms with van der Waals surface area (Å²) in [5.74, 6) is 0. The molecule has 1 N–H and O–H groups in total. The molecule has 1 atom stereocenters. The van der Waals surface area contributed by atoms with E-state index in [9.17, 15) is 4.79 Å². The molecular formula is C17H25BrN2O2. The van der Waals surface area contributed by atoms with Crippen LogP contribution in [0.3, 0.4) is 0 Å². The van der Waals surface area contributed by atoms with E-state index >= 15 is 0 Å². The molecule has 0 bridgehead atoms. The number of amides is 1. The first-order chi connectivity index (χ1) is 10.2. The Balaban J connectivity index is 1.95. The van der Waals surface area contributed by atoms with Gasteiger partial charge in [-0.2, -0.15) is 0 Å². The number of rotatable bonds is 3. The van der Waals surface area contributed by atoms with E-state index in [-0.39, 0.29) is 12.1 Å². The van der Waals surface area contributed by atoms with E-state index in [1.807, 2.05) is 25.7 Å². The molecule has 0 aliphatic carbocycles. The number of carbonyl (C=O) groups excluding carboxylic acids is 1. The molecular weight excluding hydrogens is 344 g/mol. The highest BCUT2D eigenvalue weighted by molar-refractivity contribution is 9.10. The number of anilines is 1. The number of benzene rings is 1. The van der Waals surface area contributed by atoms with Crippen LogP contribution in [0.1, 0.15) is 39.2 Å². The van der Waals surface area contributed by atoms with Crippen LogP contribution in [0.2, 0.25) is 0 Å². The number of hydrogen-bond donors (Lipinski definition) is 1. The number of carbonyl (C=O) groups is 1. The van der Waals surface area contributed by atoms with Gasteiger partial charge in [0.2, 0.25) is 0 Å².